The maximum absolute atomic E-state index is 12.9. The third-order valence-electron chi connectivity index (χ3n) is 3.83. The second kappa shape index (κ2) is 9.64. The van der Waals surface area contributed by atoms with Gasteiger partial charge in [-0.1, -0.05) is 12.1 Å². The van der Waals surface area contributed by atoms with Gasteiger partial charge in [-0.05, 0) is 43.3 Å². The van der Waals surface area contributed by atoms with Crippen molar-refractivity contribution in [2.75, 3.05) is 38.7 Å². The highest BCUT2D eigenvalue weighted by molar-refractivity contribution is 5.92. The molecule has 0 saturated heterocycles. The molecule has 0 saturated carbocycles. The monoisotopic (exact) mass is 347 g/mol. The molecule has 0 radical (unpaired) electrons. The number of quaternary nitrogens is 1. The lowest BCUT2D eigenvalue weighted by atomic mass is 10.3. The average Bonchev–Trinajstić information content (AvgIpc) is 2.63. The second-order valence-corrected chi connectivity index (χ2v) is 5.58. The summed E-state index contributed by atoms with van der Waals surface area (Å²) in [5.74, 6) is 0.883. The molecule has 0 fully saturated rings. The van der Waals surface area contributed by atoms with Crippen molar-refractivity contribution >= 4 is 11.6 Å². The summed E-state index contributed by atoms with van der Waals surface area (Å²) in [6, 6.07) is 13.2. The molecule has 6 heteroatoms. The molecule has 0 spiro atoms. The van der Waals surface area contributed by atoms with Crippen LogP contribution in [0, 0.1) is 5.82 Å². The van der Waals surface area contributed by atoms with E-state index in [4.69, 9.17) is 9.47 Å². The fourth-order valence-corrected chi connectivity index (χ4v) is 2.40. The highest BCUT2D eigenvalue weighted by Gasteiger charge is 2.14. The Balaban J connectivity index is 1.80. The number of carbonyl (C=O) groups is 1. The topological polar surface area (TPSA) is 52.0 Å². The largest absolute Gasteiger partial charge is 0.495 e. The molecule has 25 heavy (non-hydrogen) atoms. The quantitative estimate of drug-likeness (QED) is 0.727. The lowest BCUT2D eigenvalue weighted by Crippen LogP contribution is -3.13. The summed E-state index contributed by atoms with van der Waals surface area (Å²) >= 11 is 0. The molecule has 2 aromatic carbocycles. The van der Waals surface area contributed by atoms with Crippen molar-refractivity contribution in [1.82, 2.24) is 0 Å². The van der Waals surface area contributed by atoms with Gasteiger partial charge in [0, 0.05) is 0 Å². The molecule has 0 aliphatic rings. The molecule has 0 aliphatic heterocycles. The summed E-state index contributed by atoms with van der Waals surface area (Å²) in [5.41, 5.74) is 0.660. The fraction of sp³-hybridized carbons (Fsp3) is 0.316. The number of para-hydroxylation sites is 2. The van der Waals surface area contributed by atoms with Gasteiger partial charge in [-0.15, -0.1) is 0 Å². The molecule has 134 valence electrons. The number of halogens is 1. The molecule has 0 heterocycles. The number of methoxy groups -OCH3 is 1. The summed E-state index contributed by atoms with van der Waals surface area (Å²) in [7, 11) is 1.57. The van der Waals surface area contributed by atoms with Gasteiger partial charge in [-0.2, -0.15) is 0 Å². The maximum atomic E-state index is 12.9. The lowest BCUT2D eigenvalue weighted by Gasteiger charge is -2.18. The standard InChI is InChI=1S/C19H23FN2O3/c1-3-22(12-13-25-16-10-8-15(20)9-11-16)14-19(23)21-17-6-4-5-7-18(17)24-2/h4-11H,3,12-14H2,1-2H3,(H,21,23)/p+1. The molecule has 0 aliphatic carbocycles. The molecule has 1 atom stereocenters. The van der Waals surface area contributed by atoms with Crippen LogP contribution in [0.2, 0.25) is 0 Å². The van der Waals surface area contributed by atoms with Crippen molar-refractivity contribution in [3.05, 3.63) is 54.3 Å². The Morgan fingerprint density at radius 1 is 1.16 bits per heavy atom. The number of benzene rings is 2. The fourth-order valence-electron chi connectivity index (χ4n) is 2.40. The van der Waals surface area contributed by atoms with E-state index in [1.165, 1.54) is 12.1 Å². The van der Waals surface area contributed by atoms with Crippen molar-refractivity contribution in [3.8, 4) is 11.5 Å². The van der Waals surface area contributed by atoms with Crippen molar-refractivity contribution < 1.29 is 23.6 Å². The molecule has 2 N–H and O–H groups in total. The predicted octanol–water partition coefficient (Wildman–Crippen LogP) is 1.76. The van der Waals surface area contributed by atoms with E-state index in [-0.39, 0.29) is 11.7 Å². The molecule has 1 unspecified atom stereocenters. The van der Waals surface area contributed by atoms with Crippen molar-refractivity contribution in [2.45, 2.75) is 6.92 Å². The summed E-state index contributed by atoms with van der Waals surface area (Å²) in [6.45, 7) is 4.28. The third-order valence-corrected chi connectivity index (χ3v) is 3.83. The van der Waals surface area contributed by atoms with Crippen molar-refractivity contribution in [3.63, 3.8) is 0 Å². The van der Waals surface area contributed by atoms with E-state index in [1.807, 2.05) is 19.1 Å². The van der Waals surface area contributed by atoms with Crippen LogP contribution in [0.25, 0.3) is 0 Å². The second-order valence-electron chi connectivity index (χ2n) is 5.58. The molecule has 2 rings (SSSR count). The summed E-state index contributed by atoms with van der Waals surface area (Å²) in [4.78, 5) is 13.3. The van der Waals surface area contributed by atoms with Crippen LogP contribution < -0.4 is 19.7 Å². The van der Waals surface area contributed by atoms with Gasteiger partial charge in [-0.3, -0.25) is 4.79 Å². The first-order valence-corrected chi connectivity index (χ1v) is 8.27. The normalized spacial score (nSPS) is 11.6. The highest BCUT2D eigenvalue weighted by atomic mass is 19.1. The van der Waals surface area contributed by atoms with Gasteiger partial charge in [0.05, 0.1) is 19.3 Å². The molecular formula is C19H24FN2O3+. The van der Waals surface area contributed by atoms with Crippen LogP contribution in [-0.2, 0) is 4.79 Å². The van der Waals surface area contributed by atoms with E-state index < -0.39 is 0 Å². The SMILES string of the molecule is CC[NH+](CCOc1ccc(F)cc1)CC(=O)Nc1ccccc1OC. The van der Waals surface area contributed by atoms with Crippen LogP contribution in [0.15, 0.2) is 48.5 Å². The Morgan fingerprint density at radius 2 is 1.88 bits per heavy atom. The molecule has 0 bridgehead atoms. The number of hydrogen-bond donors (Lipinski definition) is 2. The average molecular weight is 347 g/mol. The number of amides is 1. The van der Waals surface area contributed by atoms with E-state index in [9.17, 15) is 9.18 Å². The van der Waals surface area contributed by atoms with E-state index in [2.05, 4.69) is 5.32 Å². The summed E-state index contributed by atoms with van der Waals surface area (Å²) in [5, 5.41) is 2.87. The number of anilines is 1. The Kier molecular flexibility index (Phi) is 7.22. The van der Waals surface area contributed by atoms with Gasteiger partial charge in [0.2, 0.25) is 0 Å². The van der Waals surface area contributed by atoms with Crippen molar-refractivity contribution in [2.24, 2.45) is 0 Å². The Labute approximate surface area is 147 Å². The maximum Gasteiger partial charge on any atom is 0.279 e. The van der Waals surface area contributed by atoms with Gasteiger partial charge in [0.25, 0.3) is 5.91 Å². The van der Waals surface area contributed by atoms with E-state index >= 15 is 0 Å². The van der Waals surface area contributed by atoms with Gasteiger partial charge in [0.1, 0.15) is 30.5 Å². The molecular weight excluding hydrogens is 323 g/mol. The van der Waals surface area contributed by atoms with Gasteiger partial charge in [0.15, 0.2) is 6.54 Å². The van der Waals surface area contributed by atoms with Crippen LogP contribution in [-0.4, -0.2) is 39.3 Å². The Bertz CT molecular complexity index is 677. The van der Waals surface area contributed by atoms with Gasteiger partial charge < -0.3 is 19.7 Å². The number of hydrogen-bond acceptors (Lipinski definition) is 3. The number of ether oxygens (including phenoxy) is 2. The molecule has 2 aromatic rings. The van der Waals surface area contributed by atoms with Crippen LogP contribution in [0.3, 0.4) is 0 Å². The van der Waals surface area contributed by atoms with Gasteiger partial charge in [-0.25, -0.2) is 4.39 Å². The first kappa shape index (κ1) is 18.7. The molecule has 5 nitrogen and oxygen atoms in total. The molecule has 0 aromatic heterocycles. The van der Waals surface area contributed by atoms with Crippen LogP contribution >= 0.6 is 0 Å². The minimum atomic E-state index is -0.291. The summed E-state index contributed by atoms with van der Waals surface area (Å²) < 4.78 is 23.7. The number of likely N-dealkylation sites (N-methyl/N-ethyl adjacent to an activating group) is 1. The zero-order valence-corrected chi connectivity index (χ0v) is 14.5. The highest BCUT2D eigenvalue weighted by Crippen LogP contribution is 2.22. The smallest absolute Gasteiger partial charge is 0.279 e. The predicted molar refractivity (Wildman–Crippen MR) is 94.8 cm³/mol. The summed E-state index contributed by atoms with van der Waals surface area (Å²) in [6.07, 6.45) is 0. The van der Waals surface area contributed by atoms with Crippen LogP contribution in [0.4, 0.5) is 10.1 Å². The van der Waals surface area contributed by atoms with E-state index in [0.717, 1.165) is 11.4 Å². The van der Waals surface area contributed by atoms with E-state index in [1.54, 1.807) is 31.4 Å². The number of carbonyl (C=O) groups excluding carboxylic acids is 1. The first-order chi connectivity index (χ1) is 12.1. The van der Waals surface area contributed by atoms with Gasteiger partial charge >= 0.3 is 0 Å². The Morgan fingerprint density at radius 3 is 2.56 bits per heavy atom. The number of nitrogens with one attached hydrogen (secondary N) is 2. The van der Waals surface area contributed by atoms with Crippen molar-refractivity contribution in [1.29, 1.82) is 0 Å². The minimum absolute atomic E-state index is 0.0804. The third kappa shape index (κ3) is 6.08. The minimum Gasteiger partial charge on any atom is -0.495 e. The zero-order valence-electron chi connectivity index (χ0n) is 14.5. The Hall–Kier alpha value is -2.60. The van der Waals surface area contributed by atoms with Crippen LogP contribution in [0.1, 0.15) is 6.92 Å². The van der Waals surface area contributed by atoms with E-state index in [0.29, 0.717) is 36.9 Å². The zero-order chi connectivity index (χ0) is 18.1. The molecule has 1 amide bonds. The van der Waals surface area contributed by atoms with Crippen LogP contribution in [0.5, 0.6) is 11.5 Å². The first-order valence-electron chi connectivity index (χ1n) is 8.27. The lowest BCUT2D eigenvalue weighted by molar-refractivity contribution is -0.889. The number of rotatable bonds is 9.